The van der Waals surface area contributed by atoms with Crippen LogP contribution in [0.25, 0.3) is 11.4 Å². The Kier molecular flexibility index (Phi) is 3.44. The van der Waals surface area contributed by atoms with E-state index in [-0.39, 0.29) is 11.8 Å². The minimum atomic E-state index is -0.316. The Bertz CT molecular complexity index is 962. The average molecular weight is 357 g/mol. The number of fused-ring (bicyclic) bond motifs is 1. The maximum atomic E-state index is 12.5. The van der Waals surface area contributed by atoms with Gasteiger partial charge >= 0.3 is 0 Å². The standard InChI is InChI=1S/C18H10Cl2N2O2/c19-11-7-6-10(8-12(11)20)16-14-13(17(23)22-16)15(21-18(14)24)9-4-2-1-3-5-9/h1-8H,(H,21,24)(H,22,23). The molecule has 0 saturated heterocycles. The number of hydrogen-bond donors (Lipinski definition) is 2. The number of halogens is 2. The molecule has 4 nitrogen and oxygen atoms in total. The van der Waals surface area contributed by atoms with Crippen LogP contribution >= 0.6 is 23.2 Å². The lowest BCUT2D eigenvalue weighted by molar-refractivity contribution is -0.117. The molecule has 118 valence electrons. The summed E-state index contributed by atoms with van der Waals surface area (Å²) < 4.78 is 0. The normalized spacial score (nSPS) is 16.4. The lowest BCUT2D eigenvalue weighted by atomic mass is 10.0. The maximum Gasteiger partial charge on any atom is 0.258 e. The third-order valence-corrected chi connectivity index (χ3v) is 4.69. The van der Waals surface area contributed by atoms with Crippen LogP contribution in [0.5, 0.6) is 0 Å². The molecule has 0 unspecified atom stereocenters. The van der Waals surface area contributed by atoms with E-state index in [4.69, 9.17) is 23.2 Å². The molecule has 2 amide bonds. The van der Waals surface area contributed by atoms with Crippen LogP contribution in [0.4, 0.5) is 0 Å². The number of nitrogens with one attached hydrogen (secondary N) is 2. The average Bonchev–Trinajstić information content (AvgIpc) is 3.10. The zero-order chi connectivity index (χ0) is 16.8. The highest BCUT2D eigenvalue weighted by Gasteiger charge is 2.40. The molecule has 0 aliphatic carbocycles. The maximum absolute atomic E-state index is 12.5. The minimum Gasteiger partial charge on any atom is -0.321 e. The number of rotatable bonds is 2. The molecule has 24 heavy (non-hydrogen) atoms. The van der Waals surface area contributed by atoms with Gasteiger partial charge in [-0.1, -0.05) is 59.6 Å². The van der Waals surface area contributed by atoms with Crippen molar-refractivity contribution in [1.82, 2.24) is 10.6 Å². The fourth-order valence-corrected chi connectivity index (χ4v) is 3.17. The van der Waals surface area contributed by atoms with Crippen molar-refractivity contribution in [1.29, 1.82) is 0 Å². The van der Waals surface area contributed by atoms with Gasteiger partial charge in [0.05, 0.1) is 32.6 Å². The molecule has 0 spiro atoms. The van der Waals surface area contributed by atoms with Crippen LogP contribution in [0.1, 0.15) is 11.1 Å². The van der Waals surface area contributed by atoms with Gasteiger partial charge < -0.3 is 10.6 Å². The van der Waals surface area contributed by atoms with Gasteiger partial charge in [0.25, 0.3) is 11.8 Å². The van der Waals surface area contributed by atoms with Crippen molar-refractivity contribution in [2.75, 3.05) is 0 Å². The molecule has 0 fully saturated rings. The molecule has 0 radical (unpaired) electrons. The summed E-state index contributed by atoms with van der Waals surface area (Å²) in [6, 6.07) is 14.2. The molecular formula is C18H10Cl2N2O2. The second-order valence-corrected chi connectivity index (χ2v) is 6.22. The zero-order valence-corrected chi connectivity index (χ0v) is 13.7. The number of amides is 2. The van der Waals surface area contributed by atoms with E-state index in [1.54, 1.807) is 18.2 Å². The summed E-state index contributed by atoms with van der Waals surface area (Å²) in [5.74, 6) is -0.633. The fourth-order valence-electron chi connectivity index (χ4n) is 2.87. The topological polar surface area (TPSA) is 58.2 Å². The Morgan fingerprint density at radius 2 is 1.25 bits per heavy atom. The van der Waals surface area contributed by atoms with Crippen molar-refractivity contribution < 1.29 is 9.59 Å². The van der Waals surface area contributed by atoms with E-state index in [1.165, 1.54) is 0 Å². The first-order chi connectivity index (χ1) is 11.6. The summed E-state index contributed by atoms with van der Waals surface area (Å²) in [6.45, 7) is 0. The third kappa shape index (κ3) is 2.23. The molecule has 2 N–H and O–H groups in total. The van der Waals surface area contributed by atoms with Crippen LogP contribution in [0.2, 0.25) is 10.0 Å². The van der Waals surface area contributed by atoms with Gasteiger partial charge in [0.1, 0.15) is 0 Å². The van der Waals surface area contributed by atoms with E-state index in [1.807, 2.05) is 30.3 Å². The van der Waals surface area contributed by atoms with Gasteiger partial charge in [-0.2, -0.15) is 0 Å². The van der Waals surface area contributed by atoms with Crippen LogP contribution in [0.3, 0.4) is 0 Å². The second-order valence-electron chi connectivity index (χ2n) is 5.40. The van der Waals surface area contributed by atoms with Gasteiger partial charge in [0.2, 0.25) is 0 Å². The number of carbonyl (C=O) groups is 2. The summed E-state index contributed by atoms with van der Waals surface area (Å²) in [6.07, 6.45) is 0. The third-order valence-electron chi connectivity index (χ3n) is 3.95. The molecule has 2 aromatic rings. The Labute approximate surface area is 147 Å². The molecular weight excluding hydrogens is 347 g/mol. The van der Waals surface area contributed by atoms with E-state index in [0.717, 1.165) is 5.56 Å². The molecule has 2 heterocycles. The van der Waals surface area contributed by atoms with Gasteiger partial charge in [-0.25, -0.2) is 0 Å². The Balaban J connectivity index is 1.91. The van der Waals surface area contributed by atoms with Crippen LogP contribution < -0.4 is 10.6 Å². The number of benzene rings is 2. The van der Waals surface area contributed by atoms with Crippen molar-refractivity contribution in [3.05, 3.63) is 80.8 Å². The van der Waals surface area contributed by atoms with Gasteiger partial charge in [-0.3, -0.25) is 9.59 Å². The predicted octanol–water partition coefficient (Wildman–Crippen LogP) is 3.38. The van der Waals surface area contributed by atoms with Crippen molar-refractivity contribution in [3.63, 3.8) is 0 Å². The minimum absolute atomic E-state index is 0.316. The SMILES string of the molecule is O=C1NC(c2ccc(Cl)c(Cl)c2)=C2C(=O)NC(c3ccccc3)=C12. The van der Waals surface area contributed by atoms with Crippen LogP contribution in [0, 0.1) is 0 Å². The van der Waals surface area contributed by atoms with Gasteiger partial charge in [0, 0.05) is 5.56 Å². The molecule has 6 heteroatoms. The Morgan fingerprint density at radius 1 is 0.667 bits per heavy atom. The molecule has 0 bridgehead atoms. The first-order valence-electron chi connectivity index (χ1n) is 7.18. The van der Waals surface area contributed by atoms with Gasteiger partial charge in [-0.05, 0) is 17.7 Å². The molecule has 2 aliphatic rings. The highest BCUT2D eigenvalue weighted by molar-refractivity contribution is 6.42. The predicted molar refractivity (Wildman–Crippen MR) is 93.0 cm³/mol. The van der Waals surface area contributed by atoms with Crippen LogP contribution in [-0.2, 0) is 9.59 Å². The lowest BCUT2D eigenvalue weighted by Gasteiger charge is -2.08. The molecule has 0 aromatic heterocycles. The first-order valence-corrected chi connectivity index (χ1v) is 7.94. The monoisotopic (exact) mass is 356 g/mol. The molecule has 2 aliphatic heterocycles. The van der Waals surface area contributed by atoms with Crippen molar-refractivity contribution in [2.24, 2.45) is 0 Å². The fraction of sp³-hybridized carbons (Fsp3) is 0. The summed E-state index contributed by atoms with van der Waals surface area (Å²) in [7, 11) is 0. The summed E-state index contributed by atoms with van der Waals surface area (Å²) >= 11 is 12.0. The smallest absolute Gasteiger partial charge is 0.258 e. The Hall–Kier alpha value is -2.56. The molecule has 0 saturated carbocycles. The van der Waals surface area contributed by atoms with Gasteiger partial charge in [0.15, 0.2) is 0 Å². The lowest BCUT2D eigenvalue weighted by Crippen LogP contribution is -2.21. The Morgan fingerprint density at radius 3 is 1.83 bits per heavy atom. The van der Waals surface area contributed by atoms with Crippen molar-refractivity contribution in [2.45, 2.75) is 0 Å². The van der Waals surface area contributed by atoms with E-state index in [2.05, 4.69) is 10.6 Å². The molecule has 0 atom stereocenters. The highest BCUT2D eigenvalue weighted by Crippen LogP contribution is 2.38. The van der Waals surface area contributed by atoms with E-state index < -0.39 is 0 Å². The summed E-state index contributed by atoms with van der Waals surface area (Å²) in [4.78, 5) is 24.9. The van der Waals surface area contributed by atoms with E-state index >= 15 is 0 Å². The molecule has 2 aromatic carbocycles. The zero-order valence-electron chi connectivity index (χ0n) is 12.2. The largest absolute Gasteiger partial charge is 0.321 e. The quantitative estimate of drug-likeness (QED) is 0.866. The first kappa shape index (κ1) is 15.0. The van der Waals surface area contributed by atoms with E-state index in [9.17, 15) is 9.59 Å². The summed E-state index contributed by atoms with van der Waals surface area (Å²) in [5.41, 5.74) is 3.05. The van der Waals surface area contributed by atoms with Crippen molar-refractivity contribution in [3.8, 4) is 0 Å². The second kappa shape index (κ2) is 5.51. The number of hydrogen-bond acceptors (Lipinski definition) is 2. The highest BCUT2D eigenvalue weighted by atomic mass is 35.5. The van der Waals surface area contributed by atoms with Crippen LogP contribution in [0.15, 0.2) is 59.7 Å². The number of carbonyl (C=O) groups excluding carboxylic acids is 2. The van der Waals surface area contributed by atoms with Crippen molar-refractivity contribution >= 4 is 46.4 Å². The molecule has 4 rings (SSSR count). The van der Waals surface area contributed by atoms with Crippen LogP contribution in [-0.4, -0.2) is 11.8 Å². The summed E-state index contributed by atoms with van der Waals surface area (Å²) in [5, 5.41) is 6.33. The van der Waals surface area contributed by atoms with Gasteiger partial charge in [-0.15, -0.1) is 0 Å². The van der Waals surface area contributed by atoms with E-state index in [0.29, 0.717) is 38.1 Å².